The van der Waals surface area contributed by atoms with E-state index in [9.17, 15) is 0 Å². The van der Waals surface area contributed by atoms with Crippen molar-refractivity contribution in [3.63, 3.8) is 0 Å². The Hall–Kier alpha value is -0.390. The van der Waals surface area contributed by atoms with Crippen molar-refractivity contribution >= 4 is 28.4 Å². The molecule has 2 unspecified atom stereocenters. The van der Waals surface area contributed by atoms with E-state index < -0.39 is 0 Å². The van der Waals surface area contributed by atoms with E-state index in [0.717, 1.165) is 17.8 Å². The lowest BCUT2D eigenvalue weighted by molar-refractivity contribution is 0.540. The van der Waals surface area contributed by atoms with Crippen LogP contribution in [0.5, 0.6) is 0 Å². The minimum atomic E-state index is 0.758. The maximum atomic E-state index is 4.43. The molecule has 0 aromatic carbocycles. The van der Waals surface area contributed by atoms with Gasteiger partial charge in [-0.25, -0.2) is 9.97 Å². The molecule has 80 valence electrons. The second kappa shape index (κ2) is 3.88. The average Bonchev–Trinajstić information content (AvgIpc) is 2.80. The molecule has 1 saturated heterocycles. The van der Waals surface area contributed by atoms with Gasteiger partial charge in [0, 0.05) is 18.8 Å². The van der Waals surface area contributed by atoms with Crippen molar-refractivity contribution in [3.05, 3.63) is 16.1 Å². The normalized spacial score (nSPS) is 29.5. The highest BCUT2D eigenvalue weighted by Crippen LogP contribution is 2.40. The Bertz CT molecular complexity index is 369. The third-order valence-corrected chi connectivity index (χ3v) is 4.44. The molecule has 1 saturated carbocycles. The van der Waals surface area contributed by atoms with Gasteiger partial charge < -0.3 is 4.90 Å². The van der Waals surface area contributed by atoms with Crippen LogP contribution in [0.2, 0.25) is 0 Å². The highest BCUT2D eigenvalue weighted by molar-refractivity contribution is 14.1. The van der Waals surface area contributed by atoms with Crippen LogP contribution in [-0.4, -0.2) is 22.6 Å². The van der Waals surface area contributed by atoms with Gasteiger partial charge in [-0.05, 0) is 47.8 Å². The zero-order valence-corrected chi connectivity index (χ0v) is 10.7. The predicted molar refractivity (Wildman–Crippen MR) is 67.8 cm³/mol. The number of hydrogen-bond donors (Lipinski definition) is 0. The predicted octanol–water partition coefficient (Wildman–Crippen LogP) is 2.46. The lowest BCUT2D eigenvalue weighted by atomic mass is 10.1. The first-order valence-electron chi connectivity index (χ1n) is 5.58. The van der Waals surface area contributed by atoms with Crippen molar-refractivity contribution in [3.8, 4) is 0 Å². The Morgan fingerprint density at radius 2 is 2.27 bits per heavy atom. The molecule has 1 aromatic rings. The summed E-state index contributed by atoms with van der Waals surface area (Å²) in [5.41, 5.74) is 0. The monoisotopic (exact) mass is 315 g/mol. The second-order valence-corrected chi connectivity index (χ2v) is 5.60. The molecule has 2 atom stereocenters. The Morgan fingerprint density at radius 3 is 3.13 bits per heavy atom. The number of rotatable bonds is 1. The van der Waals surface area contributed by atoms with Gasteiger partial charge in [-0.3, -0.25) is 0 Å². The molecular weight excluding hydrogens is 301 g/mol. The molecule has 3 nitrogen and oxygen atoms in total. The van der Waals surface area contributed by atoms with E-state index in [1.165, 1.54) is 35.8 Å². The quantitative estimate of drug-likeness (QED) is 0.746. The van der Waals surface area contributed by atoms with E-state index in [4.69, 9.17) is 0 Å². The van der Waals surface area contributed by atoms with Crippen LogP contribution in [0.4, 0.5) is 5.82 Å². The fourth-order valence-electron chi connectivity index (χ4n) is 3.02. The molecule has 2 aliphatic rings. The fourth-order valence-corrected chi connectivity index (χ4v) is 3.63. The molecule has 2 heterocycles. The van der Waals surface area contributed by atoms with Crippen LogP contribution in [-0.2, 0) is 0 Å². The first kappa shape index (κ1) is 9.81. The topological polar surface area (TPSA) is 29.0 Å². The SMILES string of the molecule is Ic1cncnc1N1CCC2CCCC21. The standard InChI is InChI=1S/C11H14IN3/c12-9-6-13-7-14-11(9)15-5-4-8-2-1-3-10(8)15/h6-8,10H,1-5H2. The molecule has 0 radical (unpaired) electrons. The first-order chi connectivity index (χ1) is 7.36. The van der Waals surface area contributed by atoms with Crippen molar-refractivity contribution in [1.29, 1.82) is 0 Å². The second-order valence-electron chi connectivity index (χ2n) is 4.43. The van der Waals surface area contributed by atoms with Crippen LogP contribution in [0.25, 0.3) is 0 Å². The molecular formula is C11H14IN3. The number of fused-ring (bicyclic) bond motifs is 1. The van der Waals surface area contributed by atoms with E-state index in [0.29, 0.717) is 0 Å². The number of hydrogen-bond acceptors (Lipinski definition) is 3. The fraction of sp³-hybridized carbons (Fsp3) is 0.636. The van der Waals surface area contributed by atoms with Crippen molar-refractivity contribution in [1.82, 2.24) is 9.97 Å². The first-order valence-corrected chi connectivity index (χ1v) is 6.66. The van der Waals surface area contributed by atoms with Gasteiger partial charge in [0.1, 0.15) is 12.1 Å². The molecule has 0 bridgehead atoms. The van der Waals surface area contributed by atoms with E-state index in [2.05, 4.69) is 37.5 Å². The zero-order chi connectivity index (χ0) is 10.3. The van der Waals surface area contributed by atoms with E-state index in [-0.39, 0.29) is 0 Å². The molecule has 1 aromatic heterocycles. The summed E-state index contributed by atoms with van der Waals surface area (Å²) < 4.78 is 1.18. The Morgan fingerprint density at radius 1 is 1.33 bits per heavy atom. The lowest BCUT2D eigenvalue weighted by Crippen LogP contribution is -2.31. The highest BCUT2D eigenvalue weighted by Gasteiger charge is 2.38. The molecule has 0 spiro atoms. The van der Waals surface area contributed by atoms with Crippen LogP contribution < -0.4 is 4.90 Å². The molecule has 3 rings (SSSR count). The van der Waals surface area contributed by atoms with Crippen molar-refractivity contribution in [2.75, 3.05) is 11.4 Å². The molecule has 15 heavy (non-hydrogen) atoms. The number of anilines is 1. The Labute approximate surface area is 103 Å². The summed E-state index contributed by atoms with van der Waals surface area (Å²) in [6.07, 6.45) is 9.09. The van der Waals surface area contributed by atoms with Crippen LogP contribution >= 0.6 is 22.6 Å². The van der Waals surface area contributed by atoms with Gasteiger partial charge in [0.15, 0.2) is 0 Å². The maximum Gasteiger partial charge on any atom is 0.145 e. The van der Waals surface area contributed by atoms with Gasteiger partial charge >= 0.3 is 0 Å². The van der Waals surface area contributed by atoms with Gasteiger partial charge in [0.2, 0.25) is 0 Å². The summed E-state index contributed by atoms with van der Waals surface area (Å²) in [7, 11) is 0. The molecule has 1 aliphatic heterocycles. The molecule has 1 aliphatic carbocycles. The lowest BCUT2D eigenvalue weighted by Gasteiger charge is -2.25. The summed E-state index contributed by atoms with van der Waals surface area (Å²) in [6, 6.07) is 0.758. The smallest absolute Gasteiger partial charge is 0.145 e. The van der Waals surface area contributed by atoms with Gasteiger partial charge in [-0.15, -0.1) is 0 Å². The van der Waals surface area contributed by atoms with E-state index in [1.807, 2.05) is 6.20 Å². The minimum absolute atomic E-state index is 0.758. The van der Waals surface area contributed by atoms with Gasteiger partial charge in [-0.1, -0.05) is 6.42 Å². The summed E-state index contributed by atoms with van der Waals surface area (Å²) >= 11 is 2.34. The summed E-state index contributed by atoms with van der Waals surface area (Å²) in [5.74, 6) is 2.08. The largest absolute Gasteiger partial charge is 0.352 e. The molecule has 0 amide bonds. The van der Waals surface area contributed by atoms with Crippen molar-refractivity contribution in [2.24, 2.45) is 5.92 Å². The maximum absolute atomic E-state index is 4.43. The van der Waals surface area contributed by atoms with Crippen molar-refractivity contribution in [2.45, 2.75) is 31.7 Å². The van der Waals surface area contributed by atoms with E-state index in [1.54, 1.807) is 6.33 Å². The number of halogens is 1. The summed E-state index contributed by atoms with van der Waals surface area (Å²) in [5, 5.41) is 0. The Kier molecular flexibility index (Phi) is 2.54. The minimum Gasteiger partial charge on any atom is -0.352 e. The van der Waals surface area contributed by atoms with Gasteiger partial charge in [-0.2, -0.15) is 0 Å². The zero-order valence-electron chi connectivity index (χ0n) is 8.56. The summed E-state index contributed by atoms with van der Waals surface area (Å²) in [6.45, 7) is 1.18. The molecule has 4 heteroatoms. The number of nitrogens with zero attached hydrogens (tertiary/aromatic N) is 3. The van der Waals surface area contributed by atoms with Gasteiger partial charge in [0.25, 0.3) is 0 Å². The van der Waals surface area contributed by atoms with Crippen LogP contribution in [0.15, 0.2) is 12.5 Å². The third kappa shape index (κ3) is 1.62. The average molecular weight is 315 g/mol. The van der Waals surface area contributed by atoms with Crippen molar-refractivity contribution < 1.29 is 0 Å². The molecule has 2 fully saturated rings. The third-order valence-electron chi connectivity index (χ3n) is 3.68. The van der Waals surface area contributed by atoms with Gasteiger partial charge in [0.05, 0.1) is 3.57 Å². The molecule has 0 N–H and O–H groups in total. The Balaban J connectivity index is 1.91. The van der Waals surface area contributed by atoms with Crippen LogP contribution in [0.1, 0.15) is 25.7 Å². The van der Waals surface area contributed by atoms with Crippen LogP contribution in [0.3, 0.4) is 0 Å². The highest BCUT2D eigenvalue weighted by atomic mass is 127. The van der Waals surface area contributed by atoms with E-state index >= 15 is 0 Å². The number of aromatic nitrogens is 2. The summed E-state index contributed by atoms with van der Waals surface area (Å²) in [4.78, 5) is 11.0. The van der Waals surface area contributed by atoms with Crippen LogP contribution in [0, 0.1) is 9.49 Å².